The molecule has 0 aliphatic heterocycles. The van der Waals surface area contributed by atoms with Gasteiger partial charge >= 0.3 is 0 Å². The first-order valence-corrected chi connectivity index (χ1v) is 9.23. The molecule has 0 atom stereocenters. The number of benzene rings is 1. The number of halogens is 1. The fourth-order valence-electron chi connectivity index (χ4n) is 2.75. The Bertz CT molecular complexity index is 551. The minimum Gasteiger partial charge on any atom is -0.497 e. The number of alkyl halides is 1. The molecule has 0 unspecified atom stereocenters. The lowest BCUT2D eigenvalue weighted by Gasteiger charge is -2.35. The summed E-state index contributed by atoms with van der Waals surface area (Å²) in [6.07, 6.45) is 5.43. The summed E-state index contributed by atoms with van der Waals surface area (Å²) < 4.78 is 32.4. The van der Waals surface area contributed by atoms with Crippen molar-refractivity contribution in [2.45, 2.75) is 37.0 Å². The summed E-state index contributed by atoms with van der Waals surface area (Å²) in [4.78, 5) is 0.254. The van der Waals surface area contributed by atoms with Gasteiger partial charge < -0.3 is 4.74 Å². The zero-order valence-corrected chi connectivity index (χ0v) is 13.8. The van der Waals surface area contributed by atoms with E-state index in [9.17, 15) is 8.42 Å². The van der Waals surface area contributed by atoms with Crippen molar-refractivity contribution in [1.29, 1.82) is 0 Å². The van der Waals surface area contributed by atoms with Crippen molar-refractivity contribution >= 4 is 21.6 Å². The first kappa shape index (κ1) is 16.6. The molecule has 0 aromatic heterocycles. The van der Waals surface area contributed by atoms with Crippen LogP contribution < -0.4 is 9.46 Å². The molecule has 2 rings (SSSR count). The van der Waals surface area contributed by atoms with Crippen molar-refractivity contribution in [3.05, 3.63) is 24.3 Å². The van der Waals surface area contributed by atoms with Gasteiger partial charge in [0.05, 0.1) is 12.0 Å². The maximum absolute atomic E-state index is 12.3. The Hall–Kier alpha value is -0.780. The Morgan fingerprint density at radius 3 is 2.33 bits per heavy atom. The maximum atomic E-state index is 12.3. The lowest BCUT2D eigenvalue weighted by Crippen LogP contribution is -2.40. The quantitative estimate of drug-likeness (QED) is 0.815. The van der Waals surface area contributed by atoms with Gasteiger partial charge in [-0.1, -0.05) is 19.3 Å². The fourth-order valence-corrected chi connectivity index (χ4v) is 4.26. The highest BCUT2D eigenvalue weighted by atomic mass is 35.5. The molecule has 1 N–H and O–H groups in total. The van der Waals surface area contributed by atoms with E-state index < -0.39 is 10.0 Å². The van der Waals surface area contributed by atoms with E-state index in [-0.39, 0.29) is 10.3 Å². The van der Waals surface area contributed by atoms with Gasteiger partial charge in [0, 0.05) is 12.4 Å². The Labute approximate surface area is 131 Å². The largest absolute Gasteiger partial charge is 0.497 e. The lowest BCUT2D eigenvalue weighted by molar-refractivity contribution is 0.223. The molecular weight excluding hydrogens is 310 g/mol. The zero-order chi connectivity index (χ0) is 15.3. The third-order valence-corrected chi connectivity index (χ3v) is 6.19. The van der Waals surface area contributed by atoms with E-state index in [4.69, 9.17) is 16.3 Å². The lowest BCUT2D eigenvalue weighted by atomic mass is 9.76. The van der Waals surface area contributed by atoms with Gasteiger partial charge in [-0.2, -0.15) is 0 Å². The van der Waals surface area contributed by atoms with Crippen LogP contribution in [-0.2, 0) is 10.0 Å². The van der Waals surface area contributed by atoms with E-state index in [1.165, 1.54) is 6.42 Å². The number of rotatable bonds is 6. The van der Waals surface area contributed by atoms with Gasteiger partial charge in [-0.3, -0.25) is 0 Å². The molecule has 0 amide bonds. The zero-order valence-electron chi connectivity index (χ0n) is 12.3. The minimum absolute atomic E-state index is 0.0979. The van der Waals surface area contributed by atoms with Crippen LogP contribution in [0.25, 0.3) is 0 Å². The van der Waals surface area contributed by atoms with Crippen molar-refractivity contribution in [3.8, 4) is 5.75 Å². The van der Waals surface area contributed by atoms with Gasteiger partial charge in [0.2, 0.25) is 10.0 Å². The molecular formula is C15H22ClNO3S. The predicted octanol–water partition coefficient (Wildman–Crippen LogP) is 3.16. The molecule has 0 heterocycles. The average molecular weight is 332 g/mol. The molecule has 4 nitrogen and oxygen atoms in total. The third kappa shape index (κ3) is 4.11. The smallest absolute Gasteiger partial charge is 0.240 e. The predicted molar refractivity (Wildman–Crippen MR) is 84.4 cm³/mol. The SMILES string of the molecule is COc1ccc(S(=O)(=O)NCC2(CCl)CCCCC2)cc1. The Morgan fingerprint density at radius 2 is 1.81 bits per heavy atom. The molecule has 118 valence electrons. The minimum atomic E-state index is -3.50. The van der Waals surface area contributed by atoms with Crippen LogP contribution in [0.4, 0.5) is 0 Å². The summed E-state index contributed by atoms with van der Waals surface area (Å²) >= 11 is 6.10. The molecule has 1 aliphatic rings. The monoisotopic (exact) mass is 331 g/mol. The van der Waals surface area contributed by atoms with Crippen LogP contribution in [0.1, 0.15) is 32.1 Å². The van der Waals surface area contributed by atoms with E-state index in [1.54, 1.807) is 31.4 Å². The van der Waals surface area contributed by atoms with Crippen LogP contribution in [0.15, 0.2) is 29.2 Å². The number of ether oxygens (including phenoxy) is 1. The molecule has 0 bridgehead atoms. The molecule has 0 radical (unpaired) electrons. The van der Waals surface area contributed by atoms with E-state index in [0.29, 0.717) is 18.2 Å². The average Bonchev–Trinajstić information content (AvgIpc) is 2.54. The summed E-state index contributed by atoms with van der Waals surface area (Å²) in [5.74, 6) is 1.14. The molecule has 1 aliphatic carbocycles. The Balaban J connectivity index is 2.06. The van der Waals surface area contributed by atoms with Gasteiger partial charge in [0.25, 0.3) is 0 Å². The maximum Gasteiger partial charge on any atom is 0.240 e. The summed E-state index contributed by atoms with van der Waals surface area (Å²) in [5, 5.41) is 0. The van der Waals surface area contributed by atoms with Crippen LogP contribution in [-0.4, -0.2) is 28.0 Å². The standard InChI is InChI=1S/C15H22ClNO3S/c1-20-13-5-7-14(8-6-13)21(18,19)17-12-15(11-16)9-3-2-4-10-15/h5-8,17H,2-4,9-12H2,1H3. The van der Waals surface area contributed by atoms with Crippen LogP contribution >= 0.6 is 11.6 Å². The fraction of sp³-hybridized carbons (Fsp3) is 0.600. The van der Waals surface area contributed by atoms with E-state index in [1.807, 2.05) is 0 Å². The van der Waals surface area contributed by atoms with Crippen molar-refractivity contribution in [1.82, 2.24) is 4.72 Å². The van der Waals surface area contributed by atoms with Gasteiger partial charge in [0.15, 0.2) is 0 Å². The topological polar surface area (TPSA) is 55.4 Å². The van der Waals surface area contributed by atoms with Crippen LogP contribution in [0, 0.1) is 5.41 Å². The molecule has 1 saturated carbocycles. The van der Waals surface area contributed by atoms with Crippen molar-refractivity contribution in [3.63, 3.8) is 0 Å². The Morgan fingerprint density at radius 1 is 1.19 bits per heavy atom. The second-order valence-electron chi connectivity index (χ2n) is 5.69. The van der Waals surface area contributed by atoms with Crippen molar-refractivity contribution in [2.75, 3.05) is 19.5 Å². The van der Waals surface area contributed by atoms with Crippen LogP contribution in [0.2, 0.25) is 0 Å². The van der Waals surface area contributed by atoms with E-state index in [2.05, 4.69) is 4.72 Å². The first-order chi connectivity index (χ1) is 10.0. The summed E-state index contributed by atoms with van der Waals surface area (Å²) in [6.45, 7) is 0.408. The summed E-state index contributed by atoms with van der Waals surface area (Å²) in [6, 6.07) is 6.39. The highest BCUT2D eigenvalue weighted by molar-refractivity contribution is 7.89. The molecule has 0 saturated heterocycles. The second kappa shape index (κ2) is 6.99. The van der Waals surface area contributed by atoms with Crippen LogP contribution in [0.5, 0.6) is 5.75 Å². The van der Waals surface area contributed by atoms with Gasteiger partial charge in [-0.25, -0.2) is 13.1 Å². The molecule has 6 heteroatoms. The number of nitrogens with one attached hydrogen (secondary N) is 1. The van der Waals surface area contributed by atoms with Gasteiger partial charge in [-0.05, 0) is 42.5 Å². The number of hydrogen-bond donors (Lipinski definition) is 1. The highest BCUT2D eigenvalue weighted by Gasteiger charge is 2.32. The third-order valence-electron chi connectivity index (χ3n) is 4.20. The highest BCUT2D eigenvalue weighted by Crippen LogP contribution is 2.37. The number of hydrogen-bond acceptors (Lipinski definition) is 3. The van der Waals surface area contributed by atoms with E-state index >= 15 is 0 Å². The van der Waals surface area contributed by atoms with Crippen molar-refractivity contribution in [2.24, 2.45) is 5.41 Å². The van der Waals surface area contributed by atoms with E-state index in [0.717, 1.165) is 25.7 Å². The van der Waals surface area contributed by atoms with Crippen LogP contribution in [0.3, 0.4) is 0 Å². The Kier molecular flexibility index (Phi) is 5.52. The number of sulfonamides is 1. The molecule has 1 aromatic rings. The van der Waals surface area contributed by atoms with Gasteiger partial charge in [-0.15, -0.1) is 11.6 Å². The summed E-state index contributed by atoms with van der Waals surface area (Å²) in [5.41, 5.74) is -0.0979. The van der Waals surface area contributed by atoms with Gasteiger partial charge in [0.1, 0.15) is 5.75 Å². The number of methoxy groups -OCH3 is 1. The van der Waals surface area contributed by atoms with Crippen molar-refractivity contribution < 1.29 is 13.2 Å². The molecule has 1 aromatic carbocycles. The molecule has 21 heavy (non-hydrogen) atoms. The second-order valence-corrected chi connectivity index (χ2v) is 7.73. The molecule has 0 spiro atoms. The normalized spacial score (nSPS) is 18.4. The first-order valence-electron chi connectivity index (χ1n) is 7.21. The molecule has 1 fully saturated rings. The summed E-state index contributed by atoms with van der Waals surface area (Å²) in [7, 11) is -1.95.